The third kappa shape index (κ3) is 18.3. The van der Waals surface area contributed by atoms with Crippen molar-refractivity contribution >= 4 is 93.0 Å². The maximum Gasteiger partial charge on any atom is 0.227 e. The van der Waals surface area contributed by atoms with Crippen LogP contribution in [0.15, 0.2) is 116 Å². The highest BCUT2D eigenvalue weighted by Gasteiger charge is 2.26. The Hall–Kier alpha value is -9.89. The lowest BCUT2D eigenvalue weighted by atomic mass is 10.1. The number of fused-ring (bicyclic) bond motifs is 3. The lowest BCUT2D eigenvalue weighted by Crippen LogP contribution is -2.49. The molecule has 3 fully saturated rings. The maximum absolute atomic E-state index is 12.9. The zero-order chi connectivity index (χ0) is 67.1. The molecule has 12 rings (SSSR count). The summed E-state index contributed by atoms with van der Waals surface area (Å²) in [4.78, 5) is 86.0. The van der Waals surface area contributed by atoms with Gasteiger partial charge in [0, 0.05) is 126 Å². The summed E-state index contributed by atoms with van der Waals surface area (Å²) in [5.74, 6) is 2.57. The number of halogens is 2. The minimum absolute atomic E-state index is 0.0173. The van der Waals surface area contributed by atoms with Crippen LogP contribution in [0.2, 0.25) is 10.0 Å². The Morgan fingerprint density at radius 2 is 0.747 bits per heavy atom. The van der Waals surface area contributed by atoms with Gasteiger partial charge in [-0.2, -0.15) is 13.5 Å². The first kappa shape index (κ1) is 68.0. The van der Waals surface area contributed by atoms with E-state index in [0.717, 1.165) is 63.9 Å². The Morgan fingerprint density at radius 1 is 0.389 bits per heavy atom. The van der Waals surface area contributed by atoms with Crippen LogP contribution in [0.1, 0.15) is 74.9 Å². The van der Waals surface area contributed by atoms with Gasteiger partial charge >= 0.3 is 0 Å². The molecule has 29 heteroatoms. The summed E-state index contributed by atoms with van der Waals surface area (Å²) in [5.41, 5.74) is 7.47. The summed E-state index contributed by atoms with van der Waals surface area (Å²) in [7, 11) is 0. The highest BCUT2D eigenvalue weighted by molar-refractivity contribution is 6.31. The van der Waals surface area contributed by atoms with E-state index in [1.54, 1.807) is 38.6 Å². The minimum Gasteiger partial charge on any atom is -0.352 e. The molecule has 0 saturated carbocycles. The van der Waals surface area contributed by atoms with E-state index in [1.165, 1.54) is 0 Å². The predicted molar refractivity (Wildman–Crippen MR) is 359 cm³/mol. The Kier molecular flexibility index (Phi) is 22.8. The molecular weight excluding hydrogens is 1250 g/mol. The van der Waals surface area contributed by atoms with Gasteiger partial charge in [-0.05, 0) is 81.9 Å². The van der Waals surface area contributed by atoms with Gasteiger partial charge in [0.05, 0.1) is 19.3 Å². The van der Waals surface area contributed by atoms with E-state index in [0.29, 0.717) is 131 Å². The third-order valence-electron chi connectivity index (χ3n) is 16.5. The van der Waals surface area contributed by atoms with E-state index in [9.17, 15) is 28.8 Å². The number of aromatic nitrogens is 12. The summed E-state index contributed by atoms with van der Waals surface area (Å²) in [6, 6.07) is 30.4. The van der Waals surface area contributed by atoms with Crippen molar-refractivity contribution in [3.05, 3.63) is 159 Å². The van der Waals surface area contributed by atoms with Crippen molar-refractivity contribution in [1.29, 1.82) is 0 Å². The average molecular weight is 1330 g/mol. The van der Waals surface area contributed by atoms with E-state index in [-0.39, 0.29) is 53.2 Å². The van der Waals surface area contributed by atoms with Crippen LogP contribution < -0.4 is 30.7 Å². The molecule has 27 nitrogen and oxygen atoms in total. The van der Waals surface area contributed by atoms with Crippen LogP contribution in [0.4, 0.5) is 17.5 Å². The summed E-state index contributed by atoms with van der Waals surface area (Å²) in [6.07, 6.45) is 5.69. The van der Waals surface area contributed by atoms with Crippen LogP contribution in [0.25, 0.3) is 16.9 Å². The number of benzene rings is 3. The Labute approximate surface area is 560 Å². The van der Waals surface area contributed by atoms with Gasteiger partial charge in [0.2, 0.25) is 35.4 Å². The molecule has 3 aromatic carbocycles. The summed E-state index contributed by atoms with van der Waals surface area (Å²) < 4.78 is 4.95. The van der Waals surface area contributed by atoms with Crippen LogP contribution in [0.5, 0.6) is 0 Å². The molecule has 0 spiro atoms. The van der Waals surface area contributed by atoms with Gasteiger partial charge in [-0.15, -0.1) is 45.9 Å². The van der Waals surface area contributed by atoms with E-state index in [2.05, 4.69) is 76.5 Å². The fourth-order valence-corrected chi connectivity index (χ4v) is 11.3. The largest absolute Gasteiger partial charge is 0.352 e. The fourth-order valence-electron chi connectivity index (χ4n) is 10.8. The Morgan fingerprint density at radius 3 is 1.15 bits per heavy atom. The number of carbonyl (C=O) groups excluding carboxylic acids is 6. The molecule has 0 aliphatic carbocycles. The summed E-state index contributed by atoms with van der Waals surface area (Å²) in [6.45, 7) is 20.4. The van der Waals surface area contributed by atoms with Crippen LogP contribution in [-0.4, -0.2) is 188 Å². The number of anilines is 3. The first-order valence-electron chi connectivity index (χ1n) is 31.9. The Balaban J connectivity index is 0.000000155. The maximum atomic E-state index is 12.9. The molecule has 0 radical (unpaired) electrons. The van der Waals surface area contributed by atoms with Crippen LogP contribution in [0, 0.1) is 17.8 Å². The van der Waals surface area contributed by atoms with Gasteiger partial charge in [-0.1, -0.05) is 113 Å². The van der Waals surface area contributed by atoms with Gasteiger partial charge in [0.25, 0.3) is 0 Å². The normalized spacial score (nSPS) is 14.3. The standard InChI is InChI=1S/2C22H26ClN7O2.C22H27N7O2/c1-15(2)22(32)24-13-17-11-16(3-4-18(17)23)12-21(31)29-9-7-28(8-10-29)20-6-5-19-26-25-14-30(19)27-20;1-15(2)22(32)24-13-17-4-3-16(11-18(17)23)12-21(31)29-9-7-28(8-10-29)20-6-5-19-26-25-14-30(19)27-20;1-16(2)22(31)23-14-18-5-3-4-17(12-18)13-21(30)28-10-8-27(9-11-28)20-7-6-19-25-24-15-29(19)26-20/h2*3-6,11,14-15H,7-10,12-13H2,1-2H3,(H,24,32);3-7,12,15-16H,8-11,13-14H2,1-2H3,(H,23,31). The lowest BCUT2D eigenvalue weighted by Gasteiger charge is -2.35. The quantitative estimate of drug-likeness (QED) is 0.0998. The summed E-state index contributed by atoms with van der Waals surface area (Å²) in [5, 5.41) is 46.8. The minimum atomic E-state index is -0.0917. The molecule has 95 heavy (non-hydrogen) atoms. The monoisotopic (exact) mass is 1330 g/mol. The number of hydrogen-bond acceptors (Lipinski definition) is 18. The van der Waals surface area contributed by atoms with Crippen molar-refractivity contribution in [2.24, 2.45) is 17.8 Å². The highest BCUT2D eigenvalue weighted by atomic mass is 35.5. The second-order valence-corrected chi connectivity index (χ2v) is 25.2. The predicted octanol–water partition coefficient (Wildman–Crippen LogP) is 5.17. The van der Waals surface area contributed by atoms with Crippen molar-refractivity contribution in [2.45, 2.75) is 80.4 Å². The molecule has 6 amide bonds. The zero-order valence-electron chi connectivity index (χ0n) is 54.2. The highest BCUT2D eigenvalue weighted by Crippen LogP contribution is 2.23. The van der Waals surface area contributed by atoms with Gasteiger partial charge in [0.1, 0.15) is 36.4 Å². The third-order valence-corrected chi connectivity index (χ3v) is 17.3. The van der Waals surface area contributed by atoms with E-state index >= 15 is 0 Å². The van der Waals surface area contributed by atoms with Crippen LogP contribution in [-0.2, 0) is 67.7 Å². The number of carbonyl (C=O) groups is 6. The molecule has 9 aromatic rings. The molecule has 0 unspecified atom stereocenters. The molecule has 498 valence electrons. The van der Waals surface area contributed by atoms with Crippen LogP contribution >= 0.6 is 23.2 Å². The number of nitrogens with one attached hydrogen (secondary N) is 3. The van der Waals surface area contributed by atoms with E-state index in [4.69, 9.17) is 23.2 Å². The van der Waals surface area contributed by atoms with Crippen LogP contribution in [0.3, 0.4) is 0 Å². The van der Waals surface area contributed by atoms with Gasteiger partial charge in [-0.3, -0.25) is 28.8 Å². The van der Waals surface area contributed by atoms with Gasteiger partial charge in [0.15, 0.2) is 16.9 Å². The van der Waals surface area contributed by atoms with E-state index in [1.807, 2.05) is 147 Å². The van der Waals surface area contributed by atoms with Gasteiger partial charge < -0.3 is 45.3 Å². The molecular formula is C66H79Cl2N21O6. The summed E-state index contributed by atoms with van der Waals surface area (Å²) >= 11 is 12.7. The lowest BCUT2D eigenvalue weighted by molar-refractivity contribution is -0.131. The number of piperazine rings is 3. The van der Waals surface area contributed by atoms with Crippen molar-refractivity contribution < 1.29 is 28.8 Å². The SMILES string of the molecule is CC(C)C(=O)NCc1cc(CC(=O)N2CCN(c3ccc4nncn4n3)CC2)ccc1Cl.CC(C)C(=O)NCc1ccc(CC(=O)N2CCN(c3ccc4nncn4n3)CC2)cc1Cl.CC(C)C(=O)NCc1cccc(CC(=O)N2CCN(c3ccc4nncn4n3)CC2)c1. The molecule has 0 bridgehead atoms. The molecule has 9 heterocycles. The van der Waals surface area contributed by atoms with E-state index < -0.39 is 0 Å². The van der Waals surface area contributed by atoms with Crippen molar-refractivity contribution in [3.63, 3.8) is 0 Å². The zero-order valence-corrected chi connectivity index (χ0v) is 55.7. The second kappa shape index (κ2) is 31.8. The smallest absolute Gasteiger partial charge is 0.227 e. The average Bonchev–Trinajstić information content (AvgIpc) is 1.86. The number of rotatable bonds is 18. The van der Waals surface area contributed by atoms with Crippen molar-refractivity contribution in [1.82, 2.24) is 90.1 Å². The second-order valence-electron chi connectivity index (χ2n) is 24.4. The Bertz CT molecular complexity index is 4150. The molecule has 3 saturated heterocycles. The fraction of sp³-hybridized carbons (Fsp3) is 0.409. The molecule has 3 N–H and O–H groups in total. The van der Waals surface area contributed by atoms with Crippen molar-refractivity contribution in [2.75, 3.05) is 93.2 Å². The molecule has 3 aliphatic rings. The van der Waals surface area contributed by atoms with Gasteiger partial charge in [-0.25, -0.2) is 0 Å². The molecule has 6 aromatic heterocycles. The van der Waals surface area contributed by atoms with Crippen molar-refractivity contribution in [3.8, 4) is 0 Å². The topological polar surface area (TPSA) is 287 Å². The number of hydrogen-bond donors (Lipinski definition) is 3. The number of amides is 6. The molecule has 3 aliphatic heterocycles. The first-order valence-corrected chi connectivity index (χ1v) is 32.6. The molecule has 0 atom stereocenters. The first-order chi connectivity index (χ1) is 45.8. The number of nitrogens with zero attached hydrogens (tertiary/aromatic N) is 18.